The van der Waals surface area contributed by atoms with Crippen molar-refractivity contribution in [2.75, 3.05) is 19.0 Å². The van der Waals surface area contributed by atoms with Gasteiger partial charge in [-0.3, -0.25) is 0 Å². The Morgan fingerprint density at radius 2 is 1.95 bits per heavy atom. The Bertz CT molecular complexity index is 590. The average molecular weight is 401 g/mol. The molecule has 106 valence electrons. The minimum Gasteiger partial charge on any atom is -0.496 e. The molecule has 0 spiro atoms. The molecule has 1 atom stereocenters. The molecule has 0 amide bonds. The van der Waals surface area contributed by atoms with E-state index >= 15 is 0 Å². The maximum Gasteiger partial charge on any atom is 0.124 e. The molecule has 3 nitrogen and oxygen atoms in total. The summed E-state index contributed by atoms with van der Waals surface area (Å²) in [5.74, 6) is 0.742. The number of aliphatic hydroxyl groups is 1. The van der Waals surface area contributed by atoms with E-state index < -0.39 is 0 Å². The van der Waals surface area contributed by atoms with Gasteiger partial charge in [0.05, 0.1) is 19.8 Å². The van der Waals surface area contributed by atoms with E-state index in [9.17, 15) is 5.11 Å². The van der Waals surface area contributed by atoms with Crippen molar-refractivity contribution >= 4 is 37.5 Å². The molecule has 20 heavy (non-hydrogen) atoms. The van der Waals surface area contributed by atoms with Crippen molar-refractivity contribution in [2.45, 2.75) is 6.04 Å². The molecule has 0 radical (unpaired) electrons. The second-order valence-electron chi connectivity index (χ2n) is 4.25. The maximum absolute atomic E-state index is 9.69. The third-order valence-electron chi connectivity index (χ3n) is 2.95. The van der Waals surface area contributed by atoms with Crippen molar-refractivity contribution in [1.29, 1.82) is 0 Å². The van der Waals surface area contributed by atoms with E-state index in [0.29, 0.717) is 0 Å². The summed E-state index contributed by atoms with van der Waals surface area (Å²) < 4.78 is 7.26. The van der Waals surface area contributed by atoms with Gasteiger partial charge in [0.1, 0.15) is 5.75 Å². The summed E-state index contributed by atoms with van der Waals surface area (Å²) in [7, 11) is 1.62. The van der Waals surface area contributed by atoms with Crippen LogP contribution in [0.15, 0.2) is 51.4 Å². The van der Waals surface area contributed by atoms with Gasteiger partial charge < -0.3 is 15.2 Å². The van der Waals surface area contributed by atoms with E-state index in [2.05, 4.69) is 37.2 Å². The zero-order valence-electron chi connectivity index (χ0n) is 10.9. The largest absolute Gasteiger partial charge is 0.496 e. The molecule has 2 rings (SSSR count). The number of para-hydroxylation sites is 1. The number of hydrogen-bond donors (Lipinski definition) is 2. The molecule has 0 aliphatic rings. The fourth-order valence-electron chi connectivity index (χ4n) is 1.97. The Labute approximate surface area is 135 Å². The summed E-state index contributed by atoms with van der Waals surface area (Å²) >= 11 is 6.94. The lowest BCUT2D eigenvalue weighted by Crippen LogP contribution is -2.16. The third-order valence-corrected chi connectivity index (χ3v) is 4.14. The summed E-state index contributed by atoms with van der Waals surface area (Å²) in [5, 5.41) is 13.0. The first-order valence-electron chi connectivity index (χ1n) is 6.11. The summed E-state index contributed by atoms with van der Waals surface area (Å²) in [6.45, 7) is -0.0336. The molecular formula is C15H15Br2NO2. The van der Waals surface area contributed by atoms with Crippen LogP contribution in [0.3, 0.4) is 0 Å². The molecule has 2 N–H and O–H groups in total. The molecule has 0 aliphatic heterocycles. The number of anilines is 1. The zero-order chi connectivity index (χ0) is 14.5. The zero-order valence-corrected chi connectivity index (χ0v) is 14.1. The van der Waals surface area contributed by atoms with Crippen molar-refractivity contribution < 1.29 is 9.84 Å². The number of nitrogens with one attached hydrogen (secondary N) is 1. The van der Waals surface area contributed by atoms with Gasteiger partial charge in [-0.25, -0.2) is 0 Å². The van der Waals surface area contributed by atoms with Crippen molar-refractivity contribution in [3.63, 3.8) is 0 Å². The molecule has 0 fully saturated rings. The predicted molar refractivity (Wildman–Crippen MR) is 88.3 cm³/mol. The van der Waals surface area contributed by atoms with Crippen molar-refractivity contribution in [1.82, 2.24) is 0 Å². The molecule has 0 aromatic heterocycles. The van der Waals surface area contributed by atoms with Crippen LogP contribution in [0.5, 0.6) is 5.75 Å². The van der Waals surface area contributed by atoms with E-state index in [4.69, 9.17) is 4.74 Å². The topological polar surface area (TPSA) is 41.5 Å². The van der Waals surface area contributed by atoms with Gasteiger partial charge in [-0.1, -0.05) is 28.1 Å². The highest BCUT2D eigenvalue weighted by molar-refractivity contribution is 9.10. The number of rotatable bonds is 5. The lowest BCUT2D eigenvalue weighted by Gasteiger charge is -2.21. The molecule has 5 heteroatoms. The van der Waals surface area contributed by atoms with Crippen LogP contribution >= 0.6 is 31.9 Å². The van der Waals surface area contributed by atoms with Crippen LogP contribution in [-0.4, -0.2) is 18.8 Å². The minimum absolute atomic E-state index is 0.0336. The average Bonchev–Trinajstić information content (AvgIpc) is 2.46. The summed E-state index contributed by atoms with van der Waals surface area (Å²) in [6.07, 6.45) is 0. The third kappa shape index (κ3) is 3.53. The maximum atomic E-state index is 9.69. The Morgan fingerprint density at radius 3 is 2.60 bits per heavy atom. The summed E-state index contributed by atoms with van der Waals surface area (Å²) in [4.78, 5) is 0. The highest BCUT2D eigenvalue weighted by atomic mass is 79.9. The summed E-state index contributed by atoms with van der Waals surface area (Å²) in [6, 6.07) is 13.3. The second-order valence-corrected chi connectivity index (χ2v) is 6.02. The molecule has 0 heterocycles. The van der Waals surface area contributed by atoms with E-state index in [1.165, 1.54) is 0 Å². The van der Waals surface area contributed by atoms with Gasteiger partial charge in [0.25, 0.3) is 0 Å². The Balaban J connectivity index is 2.33. The fraction of sp³-hybridized carbons (Fsp3) is 0.200. The van der Waals surface area contributed by atoms with Gasteiger partial charge in [0, 0.05) is 20.2 Å². The van der Waals surface area contributed by atoms with Gasteiger partial charge in [-0.15, -0.1) is 0 Å². The first-order chi connectivity index (χ1) is 9.65. The van der Waals surface area contributed by atoms with Gasteiger partial charge in [0.15, 0.2) is 0 Å². The molecule has 0 bridgehead atoms. The first kappa shape index (κ1) is 15.4. The predicted octanol–water partition coefficient (Wildman–Crippen LogP) is 4.37. The van der Waals surface area contributed by atoms with Crippen molar-refractivity contribution in [3.8, 4) is 5.75 Å². The van der Waals surface area contributed by atoms with Crippen LogP contribution in [0, 0.1) is 0 Å². The molecule has 0 aliphatic carbocycles. The number of ether oxygens (including phenoxy) is 1. The molecular weight excluding hydrogens is 386 g/mol. The van der Waals surface area contributed by atoms with Crippen LogP contribution in [0.2, 0.25) is 0 Å². The number of methoxy groups -OCH3 is 1. The first-order valence-corrected chi connectivity index (χ1v) is 7.69. The quantitative estimate of drug-likeness (QED) is 0.783. The number of benzene rings is 2. The van der Waals surface area contributed by atoms with Gasteiger partial charge in [-0.05, 0) is 46.3 Å². The van der Waals surface area contributed by atoms with Gasteiger partial charge >= 0.3 is 0 Å². The molecule has 1 unspecified atom stereocenters. The van der Waals surface area contributed by atoms with Crippen LogP contribution < -0.4 is 10.1 Å². The van der Waals surface area contributed by atoms with Gasteiger partial charge in [-0.2, -0.15) is 0 Å². The highest BCUT2D eigenvalue weighted by Gasteiger charge is 2.16. The van der Waals surface area contributed by atoms with E-state index in [-0.39, 0.29) is 12.6 Å². The Morgan fingerprint density at radius 1 is 1.20 bits per heavy atom. The SMILES string of the molecule is COc1ccc(Br)cc1C(CO)Nc1ccccc1Br. The lowest BCUT2D eigenvalue weighted by molar-refractivity contribution is 0.273. The fourth-order valence-corrected chi connectivity index (χ4v) is 2.74. The van der Waals surface area contributed by atoms with E-state index in [1.807, 2.05) is 42.5 Å². The van der Waals surface area contributed by atoms with E-state index in [1.54, 1.807) is 7.11 Å². The van der Waals surface area contributed by atoms with Gasteiger partial charge in [0.2, 0.25) is 0 Å². The number of aliphatic hydroxyl groups excluding tert-OH is 1. The smallest absolute Gasteiger partial charge is 0.124 e. The normalized spacial score (nSPS) is 12.0. The van der Waals surface area contributed by atoms with Crippen molar-refractivity contribution in [3.05, 3.63) is 57.0 Å². The molecule has 0 saturated carbocycles. The second kappa shape index (κ2) is 7.11. The minimum atomic E-state index is -0.249. The van der Waals surface area contributed by atoms with Crippen LogP contribution in [0.25, 0.3) is 0 Å². The molecule has 0 saturated heterocycles. The number of hydrogen-bond acceptors (Lipinski definition) is 3. The molecule has 2 aromatic rings. The lowest BCUT2D eigenvalue weighted by atomic mass is 10.1. The number of halogens is 2. The Hall–Kier alpha value is -1.04. The van der Waals surface area contributed by atoms with Crippen molar-refractivity contribution in [2.24, 2.45) is 0 Å². The monoisotopic (exact) mass is 399 g/mol. The summed E-state index contributed by atoms with van der Waals surface area (Å²) in [5.41, 5.74) is 1.83. The highest BCUT2D eigenvalue weighted by Crippen LogP contribution is 2.32. The van der Waals surface area contributed by atoms with Crippen LogP contribution in [-0.2, 0) is 0 Å². The van der Waals surface area contributed by atoms with Crippen LogP contribution in [0.1, 0.15) is 11.6 Å². The van der Waals surface area contributed by atoms with Crippen LogP contribution in [0.4, 0.5) is 5.69 Å². The molecule has 2 aromatic carbocycles. The standard InChI is InChI=1S/C15H15Br2NO2/c1-20-15-7-6-10(16)8-11(15)14(9-19)18-13-5-3-2-4-12(13)17/h2-8,14,18-19H,9H2,1H3. The van der Waals surface area contributed by atoms with E-state index in [0.717, 1.165) is 25.9 Å². The Kier molecular flexibility index (Phi) is 5.46.